The highest BCUT2D eigenvalue weighted by molar-refractivity contribution is 9.10. The second-order valence-corrected chi connectivity index (χ2v) is 5.45. The van der Waals surface area contributed by atoms with Gasteiger partial charge in [-0.15, -0.1) is 0 Å². The Morgan fingerprint density at radius 2 is 2.05 bits per heavy atom. The molecular formula is C15H16BrN3O3. The first kappa shape index (κ1) is 17.7. The maximum absolute atomic E-state index is 11.7. The van der Waals surface area contributed by atoms with Gasteiger partial charge in [0.25, 0.3) is 5.91 Å². The lowest BCUT2D eigenvalue weighted by molar-refractivity contribution is -0.140. The summed E-state index contributed by atoms with van der Waals surface area (Å²) in [6.45, 7) is 1.88. The fourth-order valence-corrected chi connectivity index (χ4v) is 1.79. The van der Waals surface area contributed by atoms with Crippen LogP contribution in [0, 0.1) is 11.3 Å². The molecule has 1 unspecified atom stereocenters. The Labute approximate surface area is 137 Å². The van der Waals surface area contributed by atoms with E-state index < -0.39 is 17.9 Å². The van der Waals surface area contributed by atoms with E-state index in [-0.39, 0.29) is 5.57 Å². The van der Waals surface area contributed by atoms with Crippen molar-refractivity contribution in [2.45, 2.75) is 19.4 Å². The number of halogens is 1. The van der Waals surface area contributed by atoms with Crippen molar-refractivity contribution in [2.75, 3.05) is 6.54 Å². The SMILES string of the molecule is CC(NC(=O)/C(C#N)=C\NCCc1ccc(Br)cc1)C(=O)O. The van der Waals surface area contributed by atoms with Crippen molar-refractivity contribution in [1.29, 1.82) is 5.26 Å². The van der Waals surface area contributed by atoms with Crippen LogP contribution in [0.1, 0.15) is 12.5 Å². The fraction of sp³-hybridized carbons (Fsp3) is 0.267. The maximum Gasteiger partial charge on any atom is 0.325 e. The zero-order valence-corrected chi connectivity index (χ0v) is 13.6. The topological polar surface area (TPSA) is 102 Å². The van der Waals surface area contributed by atoms with Gasteiger partial charge in [-0.1, -0.05) is 28.1 Å². The summed E-state index contributed by atoms with van der Waals surface area (Å²) in [7, 11) is 0. The summed E-state index contributed by atoms with van der Waals surface area (Å²) < 4.78 is 1.00. The van der Waals surface area contributed by atoms with Crippen molar-refractivity contribution in [3.05, 3.63) is 46.1 Å². The number of nitrogens with zero attached hydrogens (tertiary/aromatic N) is 1. The van der Waals surface area contributed by atoms with Crippen LogP contribution in [-0.2, 0) is 16.0 Å². The van der Waals surface area contributed by atoms with Gasteiger partial charge in [0.05, 0.1) is 0 Å². The lowest BCUT2D eigenvalue weighted by Gasteiger charge is -2.08. The average molecular weight is 366 g/mol. The van der Waals surface area contributed by atoms with Crippen LogP contribution in [0.5, 0.6) is 0 Å². The molecule has 0 aliphatic carbocycles. The second-order valence-electron chi connectivity index (χ2n) is 4.53. The van der Waals surface area contributed by atoms with Crippen LogP contribution in [0.3, 0.4) is 0 Å². The van der Waals surface area contributed by atoms with E-state index in [1.807, 2.05) is 24.3 Å². The van der Waals surface area contributed by atoms with Gasteiger partial charge in [0.2, 0.25) is 0 Å². The predicted octanol–water partition coefficient (Wildman–Crippen LogP) is 1.58. The van der Waals surface area contributed by atoms with Crippen LogP contribution in [0.4, 0.5) is 0 Å². The van der Waals surface area contributed by atoms with Crippen LogP contribution in [0.25, 0.3) is 0 Å². The summed E-state index contributed by atoms with van der Waals surface area (Å²) in [5, 5.41) is 22.7. The molecule has 1 aromatic carbocycles. The number of nitrogens with one attached hydrogen (secondary N) is 2. The molecule has 0 bridgehead atoms. The Balaban J connectivity index is 2.48. The van der Waals surface area contributed by atoms with E-state index in [0.717, 1.165) is 16.5 Å². The smallest absolute Gasteiger partial charge is 0.325 e. The average Bonchev–Trinajstić information content (AvgIpc) is 2.48. The van der Waals surface area contributed by atoms with E-state index in [1.54, 1.807) is 6.07 Å². The highest BCUT2D eigenvalue weighted by atomic mass is 79.9. The maximum atomic E-state index is 11.7. The van der Waals surface area contributed by atoms with Crippen molar-refractivity contribution >= 4 is 27.8 Å². The van der Waals surface area contributed by atoms with Crippen molar-refractivity contribution in [3.8, 4) is 6.07 Å². The van der Waals surface area contributed by atoms with Crippen LogP contribution in [0.15, 0.2) is 40.5 Å². The van der Waals surface area contributed by atoms with Crippen molar-refractivity contribution in [3.63, 3.8) is 0 Å². The third-order valence-corrected chi connectivity index (χ3v) is 3.33. The van der Waals surface area contributed by atoms with Gasteiger partial charge in [-0.25, -0.2) is 0 Å². The third kappa shape index (κ3) is 5.97. The number of amides is 1. The lowest BCUT2D eigenvalue weighted by Crippen LogP contribution is -2.39. The van der Waals surface area contributed by atoms with Crippen LogP contribution in [-0.4, -0.2) is 29.6 Å². The molecule has 6 nitrogen and oxygen atoms in total. The molecule has 0 fully saturated rings. The number of nitriles is 1. The predicted molar refractivity (Wildman–Crippen MR) is 84.8 cm³/mol. The first-order valence-corrected chi connectivity index (χ1v) is 7.35. The van der Waals surface area contributed by atoms with Gasteiger partial charge in [-0.2, -0.15) is 5.26 Å². The Kier molecular flexibility index (Phi) is 7.13. The summed E-state index contributed by atoms with van der Waals surface area (Å²) in [5.41, 5.74) is 0.954. The molecule has 1 aromatic rings. The first-order valence-electron chi connectivity index (χ1n) is 6.55. The Morgan fingerprint density at radius 3 is 2.59 bits per heavy atom. The van der Waals surface area contributed by atoms with Crippen molar-refractivity contribution < 1.29 is 14.7 Å². The number of aliphatic carboxylic acids is 1. The van der Waals surface area contributed by atoms with Gasteiger partial charge in [0.1, 0.15) is 17.7 Å². The highest BCUT2D eigenvalue weighted by Gasteiger charge is 2.16. The Hall–Kier alpha value is -2.33. The molecule has 0 aliphatic rings. The molecule has 116 valence electrons. The van der Waals surface area contributed by atoms with E-state index >= 15 is 0 Å². The molecule has 0 saturated heterocycles. The van der Waals surface area contributed by atoms with E-state index in [9.17, 15) is 9.59 Å². The minimum absolute atomic E-state index is 0.163. The number of carbonyl (C=O) groups excluding carboxylic acids is 1. The van der Waals surface area contributed by atoms with E-state index in [4.69, 9.17) is 10.4 Å². The number of carboxylic acids is 1. The van der Waals surface area contributed by atoms with E-state index in [2.05, 4.69) is 26.6 Å². The third-order valence-electron chi connectivity index (χ3n) is 2.80. The Bertz CT molecular complexity index is 605. The van der Waals surface area contributed by atoms with Crippen LogP contribution in [0.2, 0.25) is 0 Å². The molecule has 22 heavy (non-hydrogen) atoms. The zero-order chi connectivity index (χ0) is 16.5. The summed E-state index contributed by atoms with van der Waals surface area (Å²) in [5.74, 6) is -1.87. The minimum atomic E-state index is -1.16. The summed E-state index contributed by atoms with van der Waals surface area (Å²) in [6, 6.07) is 8.51. The molecule has 0 aliphatic heterocycles. The van der Waals surface area contributed by atoms with Crippen molar-refractivity contribution in [2.24, 2.45) is 0 Å². The number of rotatable bonds is 7. The molecular weight excluding hydrogens is 350 g/mol. The zero-order valence-electron chi connectivity index (χ0n) is 12.0. The number of benzene rings is 1. The standard InChI is InChI=1S/C15H16BrN3O3/c1-10(15(21)22)19-14(20)12(8-17)9-18-7-6-11-2-4-13(16)5-3-11/h2-5,9-10,18H,6-7H2,1H3,(H,19,20)(H,21,22)/b12-9-. The molecule has 0 aromatic heterocycles. The molecule has 1 atom stereocenters. The van der Waals surface area contributed by atoms with Gasteiger partial charge < -0.3 is 15.7 Å². The minimum Gasteiger partial charge on any atom is -0.480 e. The van der Waals surface area contributed by atoms with E-state index in [0.29, 0.717) is 6.54 Å². The molecule has 0 radical (unpaired) electrons. The van der Waals surface area contributed by atoms with Gasteiger partial charge >= 0.3 is 5.97 Å². The van der Waals surface area contributed by atoms with Crippen molar-refractivity contribution in [1.82, 2.24) is 10.6 Å². The van der Waals surface area contributed by atoms with Crippen LogP contribution >= 0.6 is 15.9 Å². The van der Waals surface area contributed by atoms with E-state index in [1.165, 1.54) is 13.1 Å². The van der Waals surface area contributed by atoms with Gasteiger partial charge in [0.15, 0.2) is 0 Å². The number of carboxylic acid groups (broad SMARTS) is 1. The number of hydrogen-bond acceptors (Lipinski definition) is 4. The monoisotopic (exact) mass is 365 g/mol. The molecule has 3 N–H and O–H groups in total. The molecule has 0 saturated carbocycles. The van der Waals surface area contributed by atoms with Gasteiger partial charge in [-0.3, -0.25) is 9.59 Å². The number of carbonyl (C=O) groups is 2. The normalized spacial score (nSPS) is 12.1. The molecule has 7 heteroatoms. The highest BCUT2D eigenvalue weighted by Crippen LogP contribution is 2.10. The molecule has 0 heterocycles. The quantitative estimate of drug-likeness (QED) is 0.386. The van der Waals surface area contributed by atoms with Gasteiger partial charge in [0, 0.05) is 17.2 Å². The summed E-state index contributed by atoms with van der Waals surface area (Å²) in [4.78, 5) is 22.3. The van der Waals surface area contributed by atoms with Gasteiger partial charge in [-0.05, 0) is 31.0 Å². The molecule has 0 spiro atoms. The summed E-state index contributed by atoms with van der Waals surface area (Å²) in [6.07, 6.45) is 2.03. The lowest BCUT2D eigenvalue weighted by atomic mass is 10.1. The largest absolute Gasteiger partial charge is 0.480 e. The summed E-state index contributed by atoms with van der Waals surface area (Å²) >= 11 is 3.35. The Morgan fingerprint density at radius 1 is 1.41 bits per heavy atom. The molecule has 1 rings (SSSR count). The molecule has 1 amide bonds. The fourth-order valence-electron chi connectivity index (χ4n) is 1.53. The number of hydrogen-bond donors (Lipinski definition) is 3. The first-order chi connectivity index (χ1) is 10.4. The van der Waals surface area contributed by atoms with Crippen LogP contribution < -0.4 is 10.6 Å². The second kappa shape index (κ2) is 8.85.